The number of benzene rings is 2. The van der Waals surface area contributed by atoms with E-state index in [1.54, 1.807) is 0 Å². The summed E-state index contributed by atoms with van der Waals surface area (Å²) >= 11 is 0. The fourth-order valence-corrected chi connectivity index (χ4v) is 3.11. The summed E-state index contributed by atoms with van der Waals surface area (Å²) < 4.78 is 17.8. The van der Waals surface area contributed by atoms with Crippen LogP contribution in [0.2, 0.25) is 0 Å². The molecule has 7 heteroatoms. The minimum Gasteiger partial charge on any atom is -0.394 e. The number of azide groups is 1. The Kier molecular flexibility index (Phi) is 7.21. The minimum atomic E-state index is -0.690. The first-order valence-electron chi connectivity index (χ1n) is 8.91. The lowest BCUT2D eigenvalue weighted by molar-refractivity contribution is -0.214. The second-order valence-corrected chi connectivity index (χ2v) is 6.35. The Labute approximate surface area is 158 Å². The Bertz CT molecular complexity index is 737. The zero-order chi connectivity index (χ0) is 18.9. The molecular formula is C20H23N3O4. The molecule has 0 saturated carbocycles. The van der Waals surface area contributed by atoms with Crippen LogP contribution in [0.5, 0.6) is 0 Å². The van der Waals surface area contributed by atoms with Crippen molar-refractivity contribution in [3.8, 4) is 0 Å². The Morgan fingerprint density at radius 1 is 1.00 bits per heavy atom. The first kappa shape index (κ1) is 19.4. The highest BCUT2D eigenvalue weighted by atomic mass is 16.6. The Morgan fingerprint density at radius 3 is 2.15 bits per heavy atom. The lowest BCUT2D eigenvalue weighted by Gasteiger charge is -2.39. The van der Waals surface area contributed by atoms with E-state index in [1.165, 1.54) is 0 Å². The molecule has 0 unspecified atom stereocenters. The fourth-order valence-electron chi connectivity index (χ4n) is 3.11. The highest BCUT2D eigenvalue weighted by Gasteiger charge is 2.39. The number of aliphatic hydroxyl groups is 1. The van der Waals surface area contributed by atoms with Gasteiger partial charge in [0.2, 0.25) is 0 Å². The third-order valence-corrected chi connectivity index (χ3v) is 4.45. The number of ether oxygens (including phenoxy) is 3. The maximum atomic E-state index is 9.75. The van der Waals surface area contributed by atoms with Crippen LogP contribution >= 0.6 is 0 Å². The Hall–Kier alpha value is -2.41. The topological polar surface area (TPSA) is 96.7 Å². The molecule has 1 fully saturated rings. The number of aliphatic hydroxyl groups excluding tert-OH is 1. The number of hydrogen-bond donors (Lipinski definition) is 1. The number of nitrogens with zero attached hydrogens (tertiary/aromatic N) is 3. The van der Waals surface area contributed by atoms with E-state index < -0.39 is 18.4 Å². The molecule has 0 radical (unpaired) electrons. The first-order chi connectivity index (χ1) is 13.3. The smallest absolute Gasteiger partial charge is 0.139 e. The standard InChI is InChI=1S/C20H23N3O4/c21-23-22-19-11-17(25-13-15-7-3-1-4-8-15)20(18(12-24)27-19)26-14-16-9-5-2-6-10-16/h1-10,17-20,24H,11-14H2/t17-,18-,19+,20+/m1/s1. The van der Waals surface area contributed by atoms with Crippen LogP contribution in [0.1, 0.15) is 17.5 Å². The highest BCUT2D eigenvalue weighted by Crippen LogP contribution is 2.27. The summed E-state index contributed by atoms with van der Waals surface area (Å²) in [6.45, 7) is 0.530. The van der Waals surface area contributed by atoms with Gasteiger partial charge in [0, 0.05) is 11.3 Å². The molecule has 3 rings (SSSR count). The molecule has 0 aliphatic carbocycles. The second kappa shape index (κ2) is 10.1. The van der Waals surface area contributed by atoms with Gasteiger partial charge in [-0.15, -0.1) is 0 Å². The molecule has 2 aromatic rings. The van der Waals surface area contributed by atoms with Gasteiger partial charge in [0.15, 0.2) is 0 Å². The number of hydrogen-bond acceptors (Lipinski definition) is 5. The molecule has 142 valence electrons. The number of rotatable bonds is 8. The third kappa shape index (κ3) is 5.53. The van der Waals surface area contributed by atoms with Gasteiger partial charge in [-0.25, -0.2) is 0 Å². The average Bonchev–Trinajstić information content (AvgIpc) is 2.72. The molecule has 0 aromatic heterocycles. The summed E-state index contributed by atoms with van der Waals surface area (Å²) in [6, 6.07) is 19.6. The molecular weight excluding hydrogens is 346 g/mol. The molecule has 0 bridgehead atoms. The summed E-state index contributed by atoms with van der Waals surface area (Å²) in [6.07, 6.45) is -1.78. The van der Waals surface area contributed by atoms with Crippen molar-refractivity contribution in [3.63, 3.8) is 0 Å². The van der Waals surface area contributed by atoms with E-state index in [0.29, 0.717) is 19.6 Å². The van der Waals surface area contributed by atoms with Gasteiger partial charge in [0.1, 0.15) is 18.4 Å². The van der Waals surface area contributed by atoms with Crippen molar-refractivity contribution in [1.29, 1.82) is 0 Å². The summed E-state index contributed by atoms with van der Waals surface area (Å²) in [5.74, 6) is 0. The SMILES string of the molecule is [N-]=[N+]=N[C@@H]1C[C@@H](OCc2ccccc2)[C@H](OCc2ccccc2)[C@@H](CO)O1. The fraction of sp³-hybridized carbons (Fsp3) is 0.400. The van der Waals surface area contributed by atoms with Crippen molar-refractivity contribution < 1.29 is 19.3 Å². The van der Waals surface area contributed by atoms with Crippen molar-refractivity contribution >= 4 is 0 Å². The minimum absolute atomic E-state index is 0.248. The summed E-state index contributed by atoms with van der Waals surface area (Å²) in [4.78, 5) is 2.82. The van der Waals surface area contributed by atoms with Crippen molar-refractivity contribution in [1.82, 2.24) is 0 Å². The van der Waals surface area contributed by atoms with E-state index in [-0.39, 0.29) is 12.7 Å². The molecule has 1 aliphatic heterocycles. The quantitative estimate of drug-likeness (QED) is 0.437. The second-order valence-electron chi connectivity index (χ2n) is 6.35. The van der Waals surface area contributed by atoms with E-state index >= 15 is 0 Å². The monoisotopic (exact) mass is 369 g/mol. The van der Waals surface area contributed by atoms with Gasteiger partial charge >= 0.3 is 0 Å². The van der Waals surface area contributed by atoms with Crippen LogP contribution in [0.3, 0.4) is 0 Å². The zero-order valence-corrected chi connectivity index (χ0v) is 14.9. The van der Waals surface area contributed by atoms with Crippen molar-refractivity contribution in [2.45, 2.75) is 44.2 Å². The third-order valence-electron chi connectivity index (χ3n) is 4.45. The normalized spacial score (nSPS) is 24.9. The van der Waals surface area contributed by atoms with Crippen LogP contribution in [-0.2, 0) is 27.4 Å². The van der Waals surface area contributed by atoms with Crippen LogP contribution in [0.25, 0.3) is 10.4 Å². The van der Waals surface area contributed by atoms with E-state index in [4.69, 9.17) is 19.7 Å². The summed E-state index contributed by atoms with van der Waals surface area (Å²) in [5, 5.41) is 13.4. The maximum Gasteiger partial charge on any atom is 0.139 e. The van der Waals surface area contributed by atoms with Gasteiger partial charge in [-0.3, -0.25) is 0 Å². The lowest BCUT2D eigenvalue weighted by atomic mass is 10.0. The predicted molar refractivity (Wildman–Crippen MR) is 99.5 cm³/mol. The predicted octanol–water partition coefficient (Wildman–Crippen LogP) is 3.57. The molecule has 0 amide bonds. The van der Waals surface area contributed by atoms with Crippen molar-refractivity contribution in [2.24, 2.45) is 5.11 Å². The van der Waals surface area contributed by atoms with Crippen molar-refractivity contribution in [3.05, 3.63) is 82.2 Å². The molecule has 1 aliphatic rings. The van der Waals surface area contributed by atoms with Gasteiger partial charge < -0.3 is 19.3 Å². The first-order valence-corrected chi connectivity index (χ1v) is 8.91. The van der Waals surface area contributed by atoms with E-state index in [9.17, 15) is 5.11 Å². The van der Waals surface area contributed by atoms with Crippen LogP contribution in [0.15, 0.2) is 65.8 Å². The van der Waals surface area contributed by atoms with Gasteiger partial charge in [-0.2, -0.15) is 0 Å². The summed E-state index contributed by atoms with van der Waals surface area (Å²) in [5.41, 5.74) is 10.8. The molecule has 4 atom stereocenters. The molecule has 1 N–H and O–H groups in total. The Balaban J connectivity index is 1.70. The molecule has 0 spiro atoms. The van der Waals surface area contributed by atoms with E-state index in [1.807, 2.05) is 60.7 Å². The molecule has 7 nitrogen and oxygen atoms in total. The lowest BCUT2D eigenvalue weighted by Crippen LogP contribution is -2.51. The Morgan fingerprint density at radius 2 is 1.59 bits per heavy atom. The van der Waals surface area contributed by atoms with Gasteiger partial charge in [0.05, 0.1) is 25.9 Å². The molecule has 1 heterocycles. The molecule has 1 saturated heterocycles. The van der Waals surface area contributed by atoms with Crippen LogP contribution in [0.4, 0.5) is 0 Å². The molecule has 2 aromatic carbocycles. The van der Waals surface area contributed by atoms with Crippen LogP contribution < -0.4 is 0 Å². The van der Waals surface area contributed by atoms with Crippen LogP contribution in [-0.4, -0.2) is 36.3 Å². The van der Waals surface area contributed by atoms with Crippen LogP contribution in [0, 0.1) is 0 Å². The summed E-state index contributed by atoms with van der Waals surface area (Å²) in [7, 11) is 0. The van der Waals surface area contributed by atoms with Gasteiger partial charge in [-0.05, 0) is 16.7 Å². The van der Waals surface area contributed by atoms with Gasteiger partial charge in [-0.1, -0.05) is 65.8 Å². The average molecular weight is 369 g/mol. The van der Waals surface area contributed by atoms with E-state index in [2.05, 4.69) is 10.0 Å². The molecule has 27 heavy (non-hydrogen) atoms. The van der Waals surface area contributed by atoms with Crippen molar-refractivity contribution in [2.75, 3.05) is 6.61 Å². The van der Waals surface area contributed by atoms with Gasteiger partial charge in [0.25, 0.3) is 0 Å². The van der Waals surface area contributed by atoms with E-state index in [0.717, 1.165) is 11.1 Å². The largest absolute Gasteiger partial charge is 0.394 e. The zero-order valence-electron chi connectivity index (χ0n) is 14.9. The maximum absolute atomic E-state index is 9.75. The highest BCUT2D eigenvalue weighted by molar-refractivity contribution is 5.14.